The van der Waals surface area contributed by atoms with E-state index in [1.807, 2.05) is 42.3 Å². The quantitative estimate of drug-likeness (QED) is 0.395. The van der Waals surface area contributed by atoms with Crippen LogP contribution in [0, 0.1) is 0 Å². The highest BCUT2D eigenvalue weighted by Gasteiger charge is 2.19. The van der Waals surface area contributed by atoms with Gasteiger partial charge in [-0.25, -0.2) is 4.98 Å². The van der Waals surface area contributed by atoms with Crippen molar-refractivity contribution in [1.82, 2.24) is 15.2 Å². The number of aromatic nitrogens is 1. The first-order valence-electron chi connectivity index (χ1n) is 8.45. The summed E-state index contributed by atoms with van der Waals surface area (Å²) in [5.41, 5.74) is -0.0432. The number of rotatable bonds is 6. The first kappa shape index (κ1) is 22.3. The molecule has 2 aromatic rings. The second-order valence-corrected chi connectivity index (χ2v) is 6.85. The lowest BCUT2D eigenvalue weighted by Crippen LogP contribution is -2.40. The SMILES string of the molecule is CN=C(NCc1ncc(C(C)(C)C)o1)N(C)CCOc1ccccc1.I. The van der Waals surface area contributed by atoms with Gasteiger partial charge in [-0.1, -0.05) is 39.0 Å². The number of likely N-dealkylation sites (N-methyl/N-ethyl adjacent to an activating group) is 1. The van der Waals surface area contributed by atoms with E-state index in [2.05, 4.69) is 36.1 Å². The molecule has 0 aliphatic carbocycles. The molecule has 0 atom stereocenters. The first-order valence-corrected chi connectivity index (χ1v) is 8.45. The summed E-state index contributed by atoms with van der Waals surface area (Å²) in [6.07, 6.45) is 1.79. The molecule has 0 spiro atoms. The fourth-order valence-corrected chi connectivity index (χ4v) is 2.20. The molecule has 0 radical (unpaired) electrons. The summed E-state index contributed by atoms with van der Waals surface area (Å²) in [5, 5.41) is 3.26. The topological polar surface area (TPSA) is 62.9 Å². The maximum atomic E-state index is 5.79. The highest BCUT2D eigenvalue weighted by Crippen LogP contribution is 2.22. The third-order valence-electron chi connectivity index (χ3n) is 3.70. The molecule has 1 aromatic carbocycles. The second-order valence-electron chi connectivity index (χ2n) is 6.85. The molecule has 0 aliphatic heterocycles. The summed E-state index contributed by atoms with van der Waals surface area (Å²) in [7, 11) is 3.73. The molecule has 0 amide bonds. The van der Waals surface area contributed by atoms with Crippen molar-refractivity contribution in [3.63, 3.8) is 0 Å². The Balaban J connectivity index is 0.00000338. The Labute approximate surface area is 173 Å². The van der Waals surface area contributed by atoms with Crippen LogP contribution in [0.4, 0.5) is 0 Å². The maximum Gasteiger partial charge on any atom is 0.213 e. The number of ether oxygens (including phenoxy) is 1. The number of guanidine groups is 1. The van der Waals surface area contributed by atoms with Gasteiger partial charge in [-0.2, -0.15) is 0 Å². The lowest BCUT2D eigenvalue weighted by Gasteiger charge is -2.21. The van der Waals surface area contributed by atoms with E-state index in [-0.39, 0.29) is 29.4 Å². The van der Waals surface area contributed by atoms with Crippen LogP contribution in [-0.2, 0) is 12.0 Å². The minimum absolute atomic E-state index is 0. The van der Waals surface area contributed by atoms with Gasteiger partial charge in [-0.05, 0) is 12.1 Å². The monoisotopic (exact) mass is 472 g/mol. The van der Waals surface area contributed by atoms with E-state index in [4.69, 9.17) is 9.15 Å². The molecule has 1 aromatic heterocycles. The van der Waals surface area contributed by atoms with Gasteiger partial charge >= 0.3 is 0 Å². The van der Waals surface area contributed by atoms with Crippen molar-refractivity contribution in [1.29, 1.82) is 0 Å². The van der Waals surface area contributed by atoms with Crippen molar-refractivity contribution in [3.05, 3.63) is 48.2 Å². The van der Waals surface area contributed by atoms with Crippen molar-refractivity contribution in [2.45, 2.75) is 32.7 Å². The van der Waals surface area contributed by atoms with Crippen molar-refractivity contribution in [2.24, 2.45) is 4.99 Å². The molecule has 6 nitrogen and oxygen atoms in total. The molecular weight excluding hydrogens is 443 g/mol. The number of halogens is 1. The van der Waals surface area contributed by atoms with Gasteiger partial charge in [0.2, 0.25) is 5.89 Å². The van der Waals surface area contributed by atoms with Crippen LogP contribution in [0.15, 0.2) is 45.9 Å². The number of hydrogen-bond acceptors (Lipinski definition) is 4. The molecule has 0 bridgehead atoms. The van der Waals surface area contributed by atoms with Gasteiger partial charge in [0, 0.05) is 19.5 Å². The van der Waals surface area contributed by atoms with Gasteiger partial charge in [0.1, 0.15) is 18.1 Å². The average Bonchev–Trinajstić information content (AvgIpc) is 3.06. The summed E-state index contributed by atoms with van der Waals surface area (Å²) >= 11 is 0. The fourth-order valence-electron chi connectivity index (χ4n) is 2.20. The van der Waals surface area contributed by atoms with Gasteiger partial charge in [0.25, 0.3) is 0 Å². The fraction of sp³-hybridized carbons (Fsp3) is 0.474. The summed E-state index contributed by atoms with van der Waals surface area (Å²) in [5.74, 6) is 3.17. The zero-order valence-electron chi connectivity index (χ0n) is 16.2. The predicted molar refractivity (Wildman–Crippen MR) is 115 cm³/mol. The van der Waals surface area contributed by atoms with Crippen LogP contribution >= 0.6 is 24.0 Å². The van der Waals surface area contributed by atoms with Crippen LogP contribution in [0.1, 0.15) is 32.4 Å². The van der Waals surface area contributed by atoms with Crippen LogP contribution in [-0.4, -0.2) is 43.1 Å². The summed E-state index contributed by atoms with van der Waals surface area (Å²) in [6, 6.07) is 9.78. The molecular formula is C19H29IN4O2. The molecule has 1 heterocycles. The molecule has 0 saturated carbocycles. The Hall–Kier alpha value is -1.77. The maximum absolute atomic E-state index is 5.79. The standard InChI is InChI=1S/C19H28N4O2.HI/c1-19(2,3)16-13-21-17(25-16)14-22-18(20-4)23(5)11-12-24-15-9-7-6-8-10-15;/h6-10,13H,11-12,14H2,1-5H3,(H,20,22);1H. The Bertz CT molecular complexity index is 680. The van der Waals surface area contributed by atoms with Gasteiger partial charge < -0.3 is 19.4 Å². The molecule has 144 valence electrons. The molecule has 26 heavy (non-hydrogen) atoms. The molecule has 0 fully saturated rings. The van der Waals surface area contributed by atoms with Gasteiger partial charge in [0.15, 0.2) is 5.96 Å². The van der Waals surface area contributed by atoms with E-state index in [9.17, 15) is 0 Å². The zero-order valence-corrected chi connectivity index (χ0v) is 18.5. The van der Waals surface area contributed by atoms with E-state index >= 15 is 0 Å². The molecule has 2 rings (SSSR count). The number of para-hydroxylation sites is 1. The number of oxazole rings is 1. The highest BCUT2D eigenvalue weighted by molar-refractivity contribution is 14.0. The highest BCUT2D eigenvalue weighted by atomic mass is 127. The number of nitrogens with one attached hydrogen (secondary N) is 1. The molecule has 0 unspecified atom stereocenters. The summed E-state index contributed by atoms with van der Waals surface area (Å²) in [6.45, 7) is 8.09. The molecule has 7 heteroatoms. The van der Waals surface area contributed by atoms with Crippen molar-refractivity contribution in [2.75, 3.05) is 27.2 Å². The predicted octanol–water partition coefficient (Wildman–Crippen LogP) is 3.68. The van der Waals surface area contributed by atoms with E-state index in [0.29, 0.717) is 25.6 Å². The number of hydrogen-bond donors (Lipinski definition) is 1. The average molecular weight is 472 g/mol. The van der Waals surface area contributed by atoms with Gasteiger partial charge in [0.05, 0.1) is 19.3 Å². The number of benzene rings is 1. The second kappa shape index (κ2) is 10.4. The number of aliphatic imine (C=N–C) groups is 1. The Morgan fingerprint density at radius 2 is 1.96 bits per heavy atom. The van der Waals surface area contributed by atoms with E-state index in [1.165, 1.54) is 0 Å². The summed E-state index contributed by atoms with van der Waals surface area (Å²) < 4.78 is 11.5. The molecule has 1 N–H and O–H groups in total. The molecule has 0 aliphatic rings. The zero-order chi connectivity index (χ0) is 18.3. The van der Waals surface area contributed by atoms with Crippen LogP contribution in [0.5, 0.6) is 5.75 Å². The summed E-state index contributed by atoms with van der Waals surface area (Å²) in [4.78, 5) is 10.6. The van der Waals surface area contributed by atoms with Crippen molar-refractivity contribution < 1.29 is 9.15 Å². The number of nitrogens with zero attached hydrogens (tertiary/aromatic N) is 3. The van der Waals surface area contributed by atoms with Crippen molar-refractivity contribution >= 4 is 29.9 Å². The third kappa shape index (κ3) is 6.86. The molecule has 0 saturated heterocycles. The minimum atomic E-state index is -0.0432. The first-order chi connectivity index (χ1) is 11.9. The smallest absolute Gasteiger partial charge is 0.213 e. The van der Waals surface area contributed by atoms with Gasteiger partial charge in [-0.3, -0.25) is 4.99 Å². The van der Waals surface area contributed by atoms with Crippen molar-refractivity contribution in [3.8, 4) is 5.75 Å². The Morgan fingerprint density at radius 1 is 1.27 bits per heavy atom. The lowest BCUT2D eigenvalue weighted by molar-refractivity contribution is 0.281. The normalized spacial score (nSPS) is 11.7. The minimum Gasteiger partial charge on any atom is -0.492 e. The van der Waals surface area contributed by atoms with E-state index in [0.717, 1.165) is 17.5 Å². The lowest BCUT2D eigenvalue weighted by atomic mass is 9.94. The Morgan fingerprint density at radius 3 is 2.54 bits per heavy atom. The largest absolute Gasteiger partial charge is 0.492 e. The van der Waals surface area contributed by atoms with Crippen LogP contribution < -0.4 is 10.1 Å². The third-order valence-corrected chi connectivity index (χ3v) is 3.70. The van der Waals surface area contributed by atoms with Gasteiger partial charge in [-0.15, -0.1) is 24.0 Å². The van der Waals surface area contributed by atoms with Crippen LogP contribution in [0.25, 0.3) is 0 Å². The van der Waals surface area contributed by atoms with Crippen LogP contribution in [0.2, 0.25) is 0 Å². The van der Waals surface area contributed by atoms with E-state index in [1.54, 1.807) is 13.2 Å². The van der Waals surface area contributed by atoms with E-state index < -0.39 is 0 Å². The van der Waals surface area contributed by atoms with Crippen LogP contribution in [0.3, 0.4) is 0 Å². The Kier molecular flexibility index (Phi) is 8.91.